The number of aromatic nitrogens is 1. The molecule has 0 radical (unpaired) electrons. The topological polar surface area (TPSA) is 55.3 Å². The molecule has 0 bridgehead atoms. The minimum absolute atomic E-state index is 0.212. The second-order valence-corrected chi connectivity index (χ2v) is 3.64. The number of hydrogen-bond acceptors (Lipinski definition) is 4. The van der Waals surface area contributed by atoms with Gasteiger partial charge in [0, 0.05) is 25.7 Å². The minimum atomic E-state index is -0.302. The first-order valence-electron chi connectivity index (χ1n) is 4.78. The summed E-state index contributed by atoms with van der Waals surface area (Å²) in [7, 11) is 3.54. The minimum Gasteiger partial charge on any atom is -0.375 e. The molecule has 0 saturated heterocycles. The first kappa shape index (κ1) is 10.5. The van der Waals surface area contributed by atoms with Gasteiger partial charge in [-0.25, -0.2) is 4.39 Å². The van der Waals surface area contributed by atoms with E-state index in [9.17, 15) is 4.39 Å². The van der Waals surface area contributed by atoms with Crippen LogP contribution in [0.25, 0.3) is 11.3 Å². The van der Waals surface area contributed by atoms with Gasteiger partial charge in [-0.3, -0.25) is 0 Å². The number of nitrogens with two attached hydrogens (primary N) is 1. The molecule has 1 heterocycles. The van der Waals surface area contributed by atoms with Crippen LogP contribution in [-0.2, 0) is 0 Å². The van der Waals surface area contributed by atoms with Gasteiger partial charge in [-0.05, 0) is 6.07 Å². The van der Waals surface area contributed by atoms with Gasteiger partial charge in [-0.2, -0.15) is 0 Å². The zero-order valence-corrected chi connectivity index (χ0v) is 9.07. The molecule has 16 heavy (non-hydrogen) atoms. The Hall–Kier alpha value is -2.04. The van der Waals surface area contributed by atoms with Crippen LogP contribution in [0.5, 0.6) is 0 Å². The molecule has 0 aliphatic heterocycles. The van der Waals surface area contributed by atoms with E-state index in [-0.39, 0.29) is 11.7 Å². The predicted octanol–water partition coefficient (Wildman–Crippen LogP) is 2.13. The molecule has 0 amide bonds. The monoisotopic (exact) mass is 221 g/mol. The number of nitrogen functional groups attached to an aromatic ring is 1. The van der Waals surface area contributed by atoms with E-state index in [1.165, 1.54) is 6.07 Å². The highest BCUT2D eigenvalue weighted by molar-refractivity contribution is 5.77. The first-order chi connectivity index (χ1) is 7.59. The fourth-order valence-electron chi connectivity index (χ4n) is 1.59. The largest absolute Gasteiger partial charge is 0.375 e. The van der Waals surface area contributed by atoms with Crippen molar-refractivity contribution in [1.82, 2.24) is 5.16 Å². The summed E-state index contributed by atoms with van der Waals surface area (Å²) >= 11 is 0. The van der Waals surface area contributed by atoms with E-state index >= 15 is 0 Å². The van der Waals surface area contributed by atoms with Crippen LogP contribution in [0.3, 0.4) is 0 Å². The van der Waals surface area contributed by atoms with Crippen LogP contribution in [0.15, 0.2) is 28.8 Å². The summed E-state index contributed by atoms with van der Waals surface area (Å²) in [5.41, 5.74) is 7.10. The molecule has 1 aromatic heterocycles. The summed E-state index contributed by atoms with van der Waals surface area (Å²) in [6.45, 7) is 0. The van der Waals surface area contributed by atoms with Crippen molar-refractivity contribution < 1.29 is 8.91 Å². The van der Waals surface area contributed by atoms with Crippen molar-refractivity contribution in [3.05, 3.63) is 30.1 Å². The molecule has 4 nitrogen and oxygen atoms in total. The van der Waals surface area contributed by atoms with Gasteiger partial charge in [0.1, 0.15) is 11.5 Å². The molecular weight excluding hydrogens is 209 g/mol. The lowest BCUT2D eigenvalue weighted by Gasteiger charge is -2.16. The average molecular weight is 221 g/mol. The number of anilines is 2. The Labute approximate surface area is 92.4 Å². The molecule has 1 aromatic carbocycles. The number of hydrogen-bond donors (Lipinski definition) is 1. The number of nitrogens with zero attached hydrogens (tertiary/aromatic N) is 2. The predicted molar refractivity (Wildman–Crippen MR) is 60.6 cm³/mol. The van der Waals surface area contributed by atoms with Crippen LogP contribution >= 0.6 is 0 Å². The van der Waals surface area contributed by atoms with Gasteiger partial charge in [-0.15, -0.1) is 0 Å². The molecule has 0 unspecified atom stereocenters. The standard InChI is InChI=1S/C11H12FN3O/c1-15(2)11-7(4-3-5-8(11)12)9-6-10(13)16-14-9/h3-6H,13H2,1-2H3. The highest BCUT2D eigenvalue weighted by Gasteiger charge is 2.14. The SMILES string of the molecule is CN(C)c1c(F)cccc1-c1cc(N)on1. The zero-order valence-electron chi connectivity index (χ0n) is 9.07. The Kier molecular flexibility index (Phi) is 2.52. The third kappa shape index (κ3) is 1.71. The molecule has 0 aliphatic carbocycles. The van der Waals surface area contributed by atoms with E-state index in [4.69, 9.17) is 10.3 Å². The summed E-state index contributed by atoms with van der Waals surface area (Å²) in [5, 5.41) is 3.78. The average Bonchev–Trinajstić information content (AvgIpc) is 2.63. The molecule has 84 valence electrons. The zero-order chi connectivity index (χ0) is 11.7. The lowest BCUT2D eigenvalue weighted by atomic mass is 10.1. The van der Waals surface area contributed by atoms with E-state index < -0.39 is 0 Å². The summed E-state index contributed by atoms with van der Waals surface area (Å²) < 4.78 is 18.4. The van der Waals surface area contributed by atoms with Crippen molar-refractivity contribution in [2.75, 3.05) is 24.7 Å². The maximum atomic E-state index is 13.7. The molecule has 2 N–H and O–H groups in total. The Balaban J connectivity index is 2.60. The number of benzene rings is 1. The Morgan fingerprint density at radius 1 is 1.38 bits per heavy atom. The lowest BCUT2D eigenvalue weighted by Crippen LogP contribution is -2.12. The number of para-hydroxylation sites is 1. The molecule has 0 spiro atoms. The smallest absolute Gasteiger partial charge is 0.222 e. The molecule has 5 heteroatoms. The van der Waals surface area contributed by atoms with Gasteiger partial charge < -0.3 is 15.2 Å². The summed E-state index contributed by atoms with van der Waals surface area (Å²) in [6.07, 6.45) is 0. The summed E-state index contributed by atoms with van der Waals surface area (Å²) in [6, 6.07) is 6.38. The van der Waals surface area contributed by atoms with E-state index in [1.807, 2.05) is 0 Å². The van der Waals surface area contributed by atoms with Crippen LogP contribution in [0.2, 0.25) is 0 Å². The van der Waals surface area contributed by atoms with Gasteiger partial charge in [0.25, 0.3) is 0 Å². The van der Waals surface area contributed by atoms with E-state index in [0.717, 1.165) is 0 Å². The van der Waals surface area contributed by atoms with Gasteiger partial charge in [0.2, 0.25) is 5.88 Å². The van der Waals surface area contributed by atoms with Crippen LogP contribution < -0.4 is 10.6 Å². The number of halogens is 1. The van der Waals surface area contributed by atoms with Crippen molar-refractivity contribution in [3.63, 3.8) is 0 Å². The van der Waals surface area contributed by atoms with Crippen LogP contribution in [0.4, 0.5) is 16.0 Å². The molecule has 2 aromatic rings. The van der Waals surface area contributed by atoms with Crippen molar-refractivity contribution in [3.8, 4) is 11.3 Å². The van der Waals surface area contributed by atoms with Crippen molar-refractivity contribution in [2.24, 2.45) is 0 Å². The molecule has 0 aliphatic rings. The summed E-state index contributed by atoms with van der Waals surface area (Å²) in [5.74, 6) is -0.0898. The highest BCUT2D eigenvalue weighted by Crippen LogP contribution is 2.31. The molecule has 0 atom stereocenters. The van der Waals surface area contributed by atoms with Crippen LogP contribution in [0.1, 0.15) is 0 Å². The maximum Gasteiger partial charge on any atom is 0.222 e. The lowest BCUT2D eigenvalue weighted by molar-refractivity contribution is 0.439. The highest BCUT2D eigenvalue weighted by atomic mass is 19.1. The van der Waals surface area contributed by atoms with Gasteiger partial charge in [-0.1, -0.05) is 17.3 Å². The van der Waals surface area contributed by atoms with E-state index in [2.05, 4.69) is 5.16 Å². The first-order valence-corrected chi connectivity index (χ1v) is 4.78. The van der Waals surface area contributed by atoms with E-state index in [1.54, 1.807) is 37.2 Å². The van der Waals surface area contributed by atoms with Gasteiger partial charge in [0.15, 0.2) is 0 Å². The molecule has 0 saturated carbocycles. The van der Waals surface area contributed by atoms with Gasteiger partial charge in [0.05, 0.1) is 5.69 Å². The molecular formula is C11H12FN3O. The van der Waals surface area contributed by atoms with E-state index in [0.29, 0.717) is 16.9 Å². The fourth-order valence-corrected chi connectivity index (χ4v) is 1.59. The quantitative estimate of drug-likeness (QED) is 0.844. The third-order valence-corrected chi connectivity index (χ3v) is 2.24. The Bertz CT molecular complexity index is 508. The maximum absolute atomic E-state index is 13.7. The van der Waals surface area contributed by atoms with Crippen molar-refractivity contribution >= 4 is 11.6 Å². The summed E-state index contributed by atoms with van der Waals surface area (Å²) in [4.78, 5) is 1.69. The second kappa shape index (κ2) is 3.84. The molecule has 0 fully saturated rings. The molecule has 2 rings (SSSR count). The van der Waals surface area contributed by atoms with Gasteiger partial charge >= 0.3 is 0 Å². The number of rotatable bonds is 2. The Morgan fingerprint density at radius 2 is 2.12 bits per heavy atom. The fraction of sp³-hybridized carbons (Fsp3) is 0.182. The second-order valence-electron chi connectivity index (χ2n) is 3.64. The normalized spacial score (nSPS) is 10.4. The third-order valence-electron chi connectivity index (χ3n) is 2.24. The van der Waals surface area contributed by atoms with Crippen LogP contribution in [-0.4, -0.2) is 19.3 Å². The van der Waals surface area contributed by atoms with Crippen molar-refractivity contribution in [2.45, 2.75) is 0 Å². The van der Waals surface area contributed by atoms with Crippen LogP contribution in [0, 0.1) is 5.82 Å². The van der Waals surface area contributed by atoms with Crippen molar-refractivity contribution in [1.29, 1.82) is 0 Å². The Morgan fingerprint density at radius 3 is 2.69 bits per heavy atom.